The number of hydrogen-bond donors (Lipinski definition) is 1. The minimum atomic E-state index is -0.461. The number of thioether (sulfide) groups is 1. The van der Waals surface area contributed by atoms with Gasteiger partial charge in [-0.1, -0.05) is 17.7 Å². The molecule has 0 unspecified atom stereocenters. The summed E-state index contributed by atoms with van der Waals surface area (Å²) in [5.41, 5.74) is 0.552. The van der Waals surface area contributed by atoms with Gasteiger partial charge in [0.2, 0.25) is 0 Å². The lowest BCUT2D eigenvalue weighted by Gasteiger charge is -2.07. The molecule has 0 aliphatic rings. The number of ether oxygens (including phenoxy) is 2. The number of methoxy groups -OCH3 is 1. The number of carbonyl (C=O) groups excluding carboxylic acids is 2. The number of hydrogen-bond acceptors (Lipinski definition) is 5. The monoisotopic (exact) mass is 365 g/mol. The van der Waals surface area contributed by atoms with Crippen molar-refractivity contribution in [2.24, 2.45) is 0 Å². The first kappa shape index (κ1) is 18.2. The molecule has 126 valence electrons. The Labute approximate surface area is 149 Å². The summed E-state index contributed by atoms with van der Waals surface area (Å²) in [7, 11) is 1.59. The van der Waals surface area contributed by atoms with Crippen molar-refractivity contribution >= 4 is 40.9 Å². The van der Waals surface area contributed by atoms with Gasteiger partial charge in [0.05, 0.1) is 12.9 Å². The molecule has 0 atom stereocenters. The minimum Gasteiger partial charge on any atom is -0.497 e. The molecule has 0 aliphatic heterocycles. The largest absolute Gasteiger partial charge is 0.497 e. The molecule has 0 saturated carbocycles. The minimum absolute atomic E-state index is 0.122. The van der Waals surface area contributed by atoms with E-state index in [9.17, 15) is 9.59 Å². The first-order valence-corrected chi connectivity index (χ1v) is 8.41. The molecule has 5 nitrogen and oxygen atoms in total. The molecule has 2 aromatic rings. The predicted octanol–water partition coefficient (Wildman–Crippen LogP) is 3.62. The summed E-state index contributed by atoms with van der Waals surface area (Å²) in [5, 5.41) is 3.12. The zero-order chi connectivity index (χ0) is 17.4. The number of anilines is 1. The zero-order valence-corrected chi connectivity index (χ0v) is 14.5. The number of benzene rings is 2. The zero-order valence-electron chi connectivity index (χ0n) is 13.0. The fraction of sp³-hybridized carbons (Fsp3) is 0.176. The van der Waals surface area contributed by atoms with Crippen LogP contribution in [-0.2, 0) is 14.3 Å². The average molecular weight is 366 g/mol. The molecule has 0 spiro atoms. The normalized spacial score (nSPS) is 10.1. The molecule has 1 amide bonds. The summed E-state index contributed by atoms with van der Waals surface area (Å²) in [5.74, 6) is -0.00622. The van der Waals surface area contributed by atoms with Gasteiger partial charge in [0.25, 0.3) is 5.91 Å². The third kappa shape index (κ3) is 6.14. The molecule has 0 radical (unpaired) electrons. The smallest absolute Gasteiger partial charge is 0.316 e. The Morgan fingerprint density at radius 2 is 1.92 bits per heavy atom. The SMILES string of the molecule is COc1ccc(SCC(=O)OCC(=O)Nc2cccc(Cl)c2)cc1. The maximum Gasteiger partial charge on any atom is 0.316 e. The van der Waals surface area contributed by atoms with Gasteiger partial charge in [0.1, 0.15) is 5.75 Å². The lowest BCUT2D eigenvalue weighted by atomic mass is 10.3. The van der Waals surface area contributed by atoms with E-state index >= 15 is 0 Å². The molecular formula is C17H16ClNO4S. The topological polar surface area (TPSA) is 64.6 Å². The van der Waals surface area contributed by atoms with Crippen LogP contribution in [0.5, 0.6) is 5.75 Å². The summed E-state index contributed by atoms with van der Waals surface area (Å²) in [4.78, 5) is 24.3. The first-order chi connectivity index (χ1) is 11.6. The van der Waals surface area contributed by atoms with Crippen LogP contribution in [0.15, 0.2) is 53.4 Å². The molecule has 0 fully saturated rings. The Morgan fingerprint density at radius 3 is 2.58 bits per heavy atom. The number of carbonyl (C=O) groups is 2. The third-order valence-electron chi connectivity index (χ3n) is 2.89. The summed E-state index contributed by atoms with van der Waals surface area (Å²) in [6.07, 6.45) is 0. The van der Waals surface area contributed by atoms with E-state index < -0.39 is 11.9 Å². The van der Waals surface area contributed by atoms with E-state index in [2.05, 4.69) is 5.32 Å². The second-order valence-electron chi connectivity index (χ2n) is 4.68. The van der Waals surface area contributed by atoms with Crippen LogP contribution in [0, 0.1) is 0 Å². The molecule has 0 saturated heterocycles. The highest BCUT2D eigenvalue weighted by Crippen LogP contribution is 2.21. The molecule has 1 N–H and O–H groups in total. The van der Waals surface area contributed by atoms with E-state index in [0.717, 1.165) is 10.6 Å². The highest BCUT2D eigenvalue weighted by molar-refractivity contribution is 8.00. The predicted molar refractivity (Wildman–Crippen MR) is 94.8 cm³/mol. The van der Waals surface area contributed by atoms with Crippen LogP contribution in [0.3, 0.4) is 0 Å². The van der Waals surface area contributed by atoms with Crippen LogP contribution in [0.2, 0.25) is 5.02 Å². The third-order valence-corrected chi connectivity index (χ3v) is 4.11. The standard InChI is InChI=1S/C17H16ClNO4S/c1-22-14-5-7-15(8-6-14)24-11-17(21)23-10-16(20)19-13-4-2-3-12(18)9-13/h2-9H,10-11H2,1H3,(H,19,20). The number of rotatable bonds is 7. The first-order valence-electron chi connectivity index (χ1n) is 7.05. The van der Waals surface area contributed by atoms with Gasteiger partial charge in [0, 0.05) is 15.6 Å². The molecular weight excluding hydrogens is 350 g/mol. The van der Waals surface area contributed by atoms with E-state index in [1.165, 1.54) is 11.8 Å². The van der Waals surface area contributed by atoms with Crippen LogP contribution in [0.25, 0.3) is 0 Å². The van der Waals surface area contributed by atoms with Gasteiger partial charge in [-0.2, -0.15) is 0 Å². The number of amides is 1. The van der Waals surface area contributed by atoms with Crippen molar-refractivity contribution in [2.75, 3.05) is 24.8 Å². The van der Waals surface area contributed by atoms with Crippen LogP contribution in [0.1, 0.15) is 0 Å². The van der Waals surface area contributed by atoms with Crippen molar-refractivity contribution < 1.29 is 19.1 Å². The van der Waals surface area contributed by atoms with E-state index in [1.54, 1.807) is 31.4 Å². The molecule has 0 aliphatic carbocycles. The van der Waals surface area contributed by atoms with Gasteiger partial charge < -0.3 is 14.8 Å². The lowest BCUT2D eigenvalue weighted by Crippen LogP contribution is -2.21. The highest BCUT2D eigenvalue weighted by atomic mass is 35.5. The summed E-state index contributed by atoms with van der Waals surface area (Å²) >= 11 is 7.15. The average Bonchev–Trinajstić information content (AvgIpc) is 2.58. The van der Waals surface area contributed by atoms with Crippen molar-refractivity contribution in [3.8, 4) is 5.75 Å². The molecule has 7 heteroatoms. The van der Waals surface area contributed by atoms with E-state index in [4.69, 9.17) is 21.1 Å². The highest BCUT2D eigenvalue weighted by Gasteiger charge is 2.09. The Hall–Kier alpha value is -2.18. The molecule has 2 aromatic carbocycles. The summed E-state index contributed by atoms with van der Waals surface area (Å²) in [6.45, 7) is -0.339. The Kier molecular flexibility index (Phi) is 6.96. The van der Waals surface area contributed by atoms with Gasteiger partial charge in [-0.05, 0) is 42.5 Å². The lowest BCUT2D eigenvalue weighted by molar-refractivity contribution is -0.144. The quantitative estimate of drug-likeness (QED) is 0.599. The van der Waals surface area contributed by atoms with Gasteiger partial charge in [0.15, 0.2) is 6.61 Å². The maximum atomic E-state index is 11.7. The molecule has 24 heavy (non-hydrogen) atoms. The van der Waals surface area contributed by atoms with Crippen LogP contribution < -0.4 is 10.1 Å². The van der Waals surface area contributed by atoms with Crippen LogP contribution >= 0.6 is 23.4 Å². The number of esters is 1. The molecule has 0 bridgehead atoms. The Bertz CT molecular complexity index is 706. The Balaban J connectivity index is 1.71. The molecule has 0 aromatic heterocycles. The van der Waals surface area contributed by atoms with Gasteiger partial charge >= 0.3 is 5.97 Å². The van der Waals surface area contributed by atoms with Gasteiger partial charge in [-0.15, -0.1) is 11.8 Å². The summed E-state index contributed by atoms with van der Waals surface area (Å²) < 4.78 is 10.0. The molecule has 0 heterocycles. The Morgan fingerprint density at radius 1 is 1.17 bits per heavy atom. The van der Waals surface area contributed by atoms with E-state index in [0.29, 0.717) is 10.7 Å². The van der Waals surface area contributed by atoms with Gasteiger partial charge in [-0.25, -0.2) is 0 Å². The van der Waals surface area contributed by atoms with Crippen molar-refractivity contribution in [3.63, 3.8) is 0 Å². The van der Waals surface area contributed by atoms with Crippen molar-refractivity contribution in [1.82, 2.24) is 0 Å². The second kappa shape index (κ2) is 9.20. The second-order valence-corrected chi connectivity index (χ2v) is 6.17. The fourth-order valence-electron chi connectivity index (χ4n) is 1.77. The van der Waals surface area contributed by atoms with E-state index in [-0.39, 0.29) is 12.4 Å². The fourth-order valence-corrected chi connectivity index (χ4v) is 2.65. The van der Waals surface area contributed by atoms with Crippen LogP contribution in [-0.4, -0.2) is 31.3 Å². The van der Waals surface area contributed by atoms with E-state index in [1.807, 2.05) is 24.3 Å². The van der Waals surface area contributed by atoms with Crippen molar-refractivity contribution in [1.29, 1.82) is 0 Å². The maximum absolute atomic E-state index is 11.7. The van der Waals surface area contributed by atoms with Gasteiger partial charge in [-0.3, -0.25) is 9.59 Å². The number of halogens is 1. The number of nitrogens with one attached hydrogen (secondary N) is 1. The summed E-state index contributed by atoms with van der Waals surface area (Å²) in [6, 6.07) is 14.1. The van der Waals surface area contributed by atoms with Crippen molar-refractivity contribution in [3.05, 3.63) is 53.6 Å². The molecule has 2 rings (SSSR count). The van der Waals surface area contributed by atoms with Crippen LogP contribution in [0.4, 0.5) is 5.69 Å². The van der Waals surface area contributed by atoms with Crippen molar-refractivity contribution in [2.45, 2.75) is 4.90 Å².